The van der Waals surface area contributed by atoms with Crippen LogP contribution in [-0.4, -0.2) is 51.7 Å². The van der Waals surface area contributed by atoms with E-state index >= 15 is 0 Å². The molecule has 0 radical (unpaired) electrons. The Balaban J connectivity index is 1.56. The van der Waals surface area contributed by atoms with Crippen molar-refractivity contribution in [3.8, 4) is 0 Å². The van der Waals surface area contributed by atoms with E-state index in [1.165, 1.54) is 0 Å². The van der Waals surface area contributed by atoms with Gasteiger partial charge in [-0.25, -0.2) is 0 Å². The Hall–Kier alpha value is -2.47. The van der Waals surface area contributed by atoms with Gasteiger partial charge in [0.15, 0.2) is 0 Å². The highest BCUT2D eigenvalue weighted by molar-refractivity contribution is 6.30. The number of rotatable bonds is 6. The van der Waals surface area contributed by atoms with Crippen molar-refractivity contribution in [2.45, 2.75) is 25.8 Å². The summed E-state index contributed by atoms with van der Waals surface area (Å²) in [5.41, 5.74) is 1.88. The third kappa shape index (κ3) is 5.26. The van der Waals surface area contributed by atoms with Crippen molar-refractivity contribution in [1.82, 2.24) is 19.8 Å². The highest BCUT2D eigenvalue weighted by Gasteiger charge is 2.31. The molecule has 0 unspecified atom stereocenters. The van der Waals surface area contributed by atoms with E-state index in [1.807, 2.05) is 24.3 Å². The van der Waals surface area contributed by atoms with Crippen molar-refractivity contribution in [2.75, 3.05) is 20.1 Å². The van der Waals surface area contributed by atoms with Gasteiger partial charge in [0.05, 0.1) is 24.4 Å². The largest absolute Gasteiger partial charge is 0.342 e. The first kappa shape index (κ1) is 19.3. The van der Waals surface area contributed by atoms with E-state index in [-0.39, 0.29) is 17.7 Å². The van der Waals surface area contributed by atoms with E-state index in [9.17, 15) is 9.59 Å². The zero-order chi connectivity index (χ0) is 19.2. The second-order valence-corrected chi connectivity index (χ2v) is 7.28. The van der Waals surface area contributed by atoms with Gasteiger partial charge in [-0.15, -0.1) is 0 Å². The number of halogens is 1. The molecule has 0 aliphatic carbocycles. The molecule has 0 bridgehead atoms. The molecular formula is C20H23ClN4O2. The lowest BCUT2D eigenvalue weighted by Gasteiger charge is -2.34. The van der Waals surface area contributed by atoms with E-state index in [0.717, 1.165) is 17.7 Å². The average Bonchev–Trinajstić information content (AvgIpc) is 2.69. The first-order valence-corrected chi connectivity index (χ1v) is 9.43. The molecular weight excluding hydrogens is 364 g/mol. The highest BCUT2D eigenvalue weighted by Crippen LogP contribution is 2.21. The lowest BCUT2D eigenvalue weighted by molar-refractivity contribution is -0.142. The van der Waals surface area contributed by atoms with Crippen LogP contribution in [0.5, 0.6) is 0 Å². The number of nitrogens with zero attached hydrogens (tertiary/aromatic N) is 4. The summed E-state index contributed by atoms with van der Waals surface area (Å²) < 4.78 is 0. The fraction of sp³-hybridized carbons (Fsp3) is 0.400. The maximum atomic E-state index is 12.8. The summed E-state index contributed by atoms with van der Waals surface area (Å²) in [7, 11) is 1.77. The molecule has 1 fully saturated rings. The zero-order valence-electron chi connectivity index (χ0n) is 15.3. The molecule has 1 aromatic carbocycles. The van der Waals surface area contributed by atoms with Gasteiger partial charge in [0.1, 0.15) is 0 Å². The van der Waals surface area contributed by atoms with Crippen LogP contribution in [0.25, 0.3) is 0 Å². The van der Waals surface area contributed by atoms with Gasteiger partial charge in [0, 0.05) is 44.0 Å². The number of benzene rings is 1. The molecule has 1 aromatic heterocycles. The summed E-state index contributed by atoms with van der Waals surface area (Å²) in [6.07, 6.45) is 6.64. The van der Waals surface area contributed by atoms with Crippen LogP contribution < -0.4 is 0 Å². The molecule has 1 aliphatic heterocycles. The predicted molar refractivity (Wildman–Crippen MR) is 103 cm³/mol. The summed E-state index contributed by atoms with van der Waals surface area (Å²) in [5, 5.41) is 0.699. The summed E-state index contributed by atoms with van der Waals surface area (Å²) in [5.74, 6) is -0.0103. The molecule has 3 rings (SSSR count). The molecule has 1 saturated heterocycles. The second kappa shape index (κ2) is 8.95. The fourth-order valence-electron chi connectivity index (χ4n) is 3.29. The minimum atomic E-state index is -0.172. The quantitative estimate of drug-likeness (QED) is 0.765. The number of piperidine rings is 1. The van der Waals surface area contributed by atoms with Crippen LogP contribution in [0.15, 0.2) is 42.9 Å². The molecule has 2 amide bonds. The lowest BCUT2D eigenvalue weighted by atomic mass is 9.95. The molecule has 7 heteroatoms. The van der Waals surface area contributed by atoms with Crippen molar-refractivity contribution < 1.29 is 9.59 Å². The van der Waals surface area contributed by atoms with Gasteiger partial charge in [-0.2, -0.15) is 0 Å². The molecule has 2 heterocycles. The smallest absolute Gasteiger partial charge is 0.227 e. The summed E-state index contributed by atoms with van der Waals surface area (Å²) in [6, 6.07) is 7.63. The molecule has 1 aliphatic rings. The van der Waals surface area contributed by atoms with Gasteiger partial charge in [-0.3, -0.25) is 19.6 Å². The van der Waals surface area contributed by atoms with Gasteiger partial charge in [-0.05, 0) is 30.5 Å². The van der Waals surface area contributed by atoms with Crippen LogP contribution in [0.1, 0.15) is 24.1 Å². The summed E-state index contributed by atoms with van der Waals surface area (Å²) in [6.45, 7) is 1.50. The molecule has 6 nitrogen and oxygen atoms in total. The maximum Gasteiger partial charge on any atom is 0.227 e. The zero-order valence-corrected chi connectivity index (χ0v) is 16.1. The first-order chi connectivity index (χ1) is 13.0. The number of hydrogen-bond acceptors (Lipinski definition) is 4. The number of carbonyl (C=O) groups is 2. The standard InChI is InChI=1S/C20H23ClN4O2/c1-24(14-18-12-22-9-10-23-18)20(27)16-4-7-19(26)25(13-16)11-8-15-2-5-17(21)6-3-15/h2-3,5-6,9-10,12,16H,4,7-8,11,13-14H2,1H3/t16-/m1/s1. The molecule has 0 saturated carbocycles. The fourth-order valence-corrected chi connectivity index (χ4v) is 3.42. The van der Waals surface area contributed by atoms with Gasteiger partial charge in [0.2, 0.25) is 11.8 Å². The predicted octanol–water partition coefficient (Wildman–Crippen LogP) is 2.57. The molecule has 2 aromatic rings. The van der Waals surface area contributed by atoms with Crippen LogP contribution >= 0.6 is 11.6 Å². The molecule has 142 valence electrons. The van der Waals surface area contributed by atoms with Crippen LogP contribution in [-0.2, 0) is 22.6 Å². The molecule has 1 atom stereocenters. The lowest BCUT2D eigenvalue weighted by Crippen LogP contribution is -2.46. The SMILES string of the molecule is CN(Cc1cnccn1)C(=O)[C@@H]1CCC(=O)N(CCc2ccc(Cl)cc2)C1. The van der Waals surface area contributed by atoms with Crippen molar-refractivity contribution in [1.29, 1.82) is 0 Å². The first-order valence-electron chi connectivity index (χ1n) is 9.05. The Bertz CT molecular complexity index is 782. The van der Waals surface area contributed by atoms with Crippen LogP contribution in [0.2, 0.25) is 5.02 Å². The van der Waals surface area contributed by atoms with E-state index in [4.69, 9.17) is 11.6 Å². The van der Waals surface area contributed by atoms with Crippen molar-refractivity contribution in [2.24, 2.45) is 5.92 Å². The van der Waals surface area contributed by atoms with Crippen LogP contribution in [0, 0.1) is 5.92 Å². The topological polar surface area (TPSA) is 66.4 Å². The maximum absolute atomic E-state index is 12.8. The van der Waals surface area contributed by atoms with E-state index in [0.29, 0.717) is 37.5 Å². The van der Waals surface area contributed by atoms with E-state index < -0.39 is 0 Å². The second-order valence-electron chi connectivity index (χ2n) is 6.84. The third-order valence-electron chi connectivity index (χ3n) is 4.83. The monoisotopic (exact) mass is 386 g/mol. The Labute approximate surface area is 164 Å². The van der Waals surface area contributed by atoms with Crippen LogP contribution in [0.4, 0.5) is 0 Å². The Morgan fingerprint density at radius 3 is 2.78 bits per heavy atom. The Morgan fingerprint density at radius 2 is 2.07 bits per heavy atom. The van der Waals surface area contributed by atoms with Gasteiger partial charge in [-0.1, -0.05) is 23.7 Å². The average molecular weight is 387 g/mol. The highest BCUT2D eigenvalue weighted by atomic mass is 35.5. The third-order valence-corrected chi connectivity index (χ3v) is 5.08. The number of carbonyl (C=O) groups excluding carboxylic acids is 2. The number of aromatic nitrogens is 2. The van der Waals surface area contributed by atoms with Crippen LogP contribution in [0.3, 0.4) is 0 Å². The van der Waals surface area contributed by atoms with E-state index in [2.05, 4.69) is 9.97 Å². The number of likely N-dealkylation sites (tertiary alicyclic amines) is 1. The molecule has 27 heavy (non-hydrogen) atoms. The summed E-state index contributed by atoms with van der Waals surface area (Å²) >= 11 is 5.91. The molecule has 0 spiro atoms. The normalized spacial score (nSPS) is 17.0. The Kier molecular flexibility index (Phi) is 6.40. The van der Waals surface area contributed by atoms with Crippen molar-refractivity contribution >= 4 is 23.4 Å². The minimum Gasteiger partial charge on any atom is -0.342 e. The van der Waals surface area contributed by atoms with Crippen molar-refractivity contribution in [3.63, 3.8) is 0 Å². The Morgan fingerprint density at radius 1 is 1.30 bits per heavy atom. The van der Waals surface area contributed by atoms with Gasteiger partial charge in [0.25, 0.3) is 0 Å². The van der Waals surface area contributed by atoms with E-state index in [1.54, 1.807) is 35.4 Å². The number of amides is 2. The summed E-state index contributed by atoms with van der Waals surface area (Å²) in [4.78, 5) is 36.8. The van der Waals surface area contributed by atoms with Crippen molar-refractivity contribution in [3.05, 3.63) is 59.1 Å². The minimum absolute atomic E-state index is 0.0460. The number of hydrogen-bond donors (Lipinski definition) is 0. The van der Waals surface area contributed by atoms with Gasteiger partial charge < -0.3 is 9.80 Å². The molecule has 0 N–H and O–H groups in total. The van der Waals surface area contributed by atoms with Gasteiger partial charge >= 0.3 is 0 Å².